The molecule has 0 atom stereocenters. The quantitative estimate of drug-likeness (QED) is 0.866. The molecule has 2 rings (SSSR count). The van der Waals surface area contributed by atoms with Gasteiger partial charge < -0.3 is 5.32 Å². The molecule has 2 aromatic rings. The summed E-state index contributed by atoms with van der Waals surface area (Å²) >= 11 is 9.31. The van der Waals surface area contributed by atoms with Crippen LogP contribution in [-0.2, 0) is 4.79 Å². The molecule has 0 aliphatic carbocycles. The van der Waals surface area contributed by atoms with Crippen molar-refractivity contribution >= 4 is 39.1 Å². The maximum atomic E-state index is 12.0. The third-order valence-electron chi connectivity index (χ3n) is 2.50. The number of hydrogen-bond acceptors (Lipinski definition) is 2. The number of benzene rings is 1. The van der Waals surface area contributed by atoms with E-state index in [1.165, 1.54) is 0 Å². The largest absolute Gasteiger partial charge is 0.323 e. The van der Waals surface area contributed by atoms with Crippen LogP contribution >= 0.6 is 27.5 Å². The average Bonchev–Trinajstić information content (AvgIpc) is 2.81. The summed E-state index contributed by atoms with van der Waals surface area (Å²) in [5.41, 5.74) is 1.38. The van der Waals surface area contributed by atoms with E-state index in [0.717, 1.165) is 5.69 Å². The fourth-order valence-electron chi connectivity index (χ4n) is 1.49. The smallest absolute Gasteiger partial charge is 0.240 e. The topological polar surface area (TPSA) is 46.9 Å². The van der Waals surface area contributed by atoms with Crippen molar-refractivity contribution < 1.29 is 4.79 Å². The fraction of sp³-hybridized carbons (Fsp3) is 0.231. The molecule has 1 aromatic carbocycles. The molecular formula is C13H13BrClN3O. The summed E-state index contributed by atoms with van der Waals surface area (Å²) in [5, 5.41) is 7.56. The van der Waals surface area contributed by atoms with E-state index in [0.29, 0.717) is 10.7 Å². The molecule has 0 unspecified atom stereocenters. The Morgan fingerprint density at radius 2 is 2.21 bits per heavy atom. The van der Waals surface area contributed by atoms with Gasteiger partial charge in [0, 0.05) is 17.4 Å². The molecule has 6 heteroatoms. The van der Waals surface area contributed by atoms with Gasteiger partial charge in [-0.25, -0.2) is 4.68 Å². The van der Waals surface area contributed by atoms with Gasteiger partial charge in [-0.15, -0.1) is 0 Å². The van der Waals surface area contributed by atoms with Crippen molar-refractivity contribution in [2.45, 2.75) is 18.2 Å². The van der Waals surface area contributed by atoms with Crippen molar-refractivity contribution in [1.82, 2.24) is 9.78 Å². The highest BCUT2D eigenvalue weighted by atomic mass is 79.9. The number of halogens is 2. The molecule has 0 saturated heterocycles. The minimum atomic E-state index is -0.656. The Morgan fingerprint density at radius 3 is 2.79 bits per heavy atom. The van der Waals surface area contributed by atoms with Gasteiger partial charge in [0.15, 0.2) is 0 Å². The second kappa shape index (κ2) is 5.35. The molecule has 1 aromatic heterocycles. The van der Waals surface area contributed by atoms with Crippen LogP contribution in [0, 0.1) is 0 Å². The first kappa shape index (κ1) is 14.1. The van der Waals surface area contributed by atoms with Crippen LogP contribution in [0.5, 0.6) is 0 Å². The van der Waals surface area contributed by atoms with E-state index in [1.54, 1.807) is 43.1 Å². The summed E-state index contributed by atoms with van der Waals surface area (Å²) < 4.78 is 1.02. The van der Waals surface area contributed by atoms with Gasteiger partial charge in [-0.2, -0.15) is 5.10 Å². The van der Waals surface area contributed by atoms with Gasteiger partial charge in [-0.3, -0.25) is 4.79 Å². The molecule has 0 bridgehead atoms. The Bertz CT molecular complexity index is 590. The van der Waals surface area contributed by atoms with Crippen molar-refractivity contribution in [2.24, 2.45) is 0 Å². The van der Waals surface area contributed by atoms with Gasteiger partial charge in [0.2, 0.25) is 5.91 Å². The van der Waals surface area contributed by atoms with Gasteiger partial charge >= 0.3 is 0 Å². The molecule has 0 aliphatic rings. The molecule has 1 amide bonds. The van der Waals surface area contributed by atoms with Crippen LogP contribution in [0.2, 0.25) is 5.02 Å². The number of aromatic nitrogens is 2. The summed E-state index contributed by atoms with van der Waals surface area (Å²) in [7, 11) is 0. The Kier molecular flexibility index (Phi) is 3.96. The second-order valence-electron chi connectivity index (χ2n) is 4.54. The molecular weight excluding hydrogens is 330 g/mol. The highest BCUT2D eigenvalue weighted by Gasteiger charge is 2.24. The van der Waals surface area contributed by atoms with Crippen molar-refractivity contribution in [3.63, 3.8) is 0 Å². The van der Waals surface area contributed by atoms with Gasteiger partial charge in [0.25, 0.3) is 0 Å². The number of rotatable bonds is 3. The molecule has 0 aliphatic heterocycles. The van der Waals surface area contributed by atoms with Crippen molar-refractivity contribution in [3.05, 3.63) is 41.7 Å². The van der Waals surface area contributed by atoms with E-state index in [9.17, 15) is 4.79 Å². The number of anilines is 1. The maximum absolute atomic E-state index is 12.0. The number of nitrogens with zero attached hydrogens (tertiary/aromatic N) is 2. The summed E-state index contributed by atoms with van der Waals surface area (Å²) in [5.74, 6) is -0.150. The van der Waals surface area contributed by atoms with Crippen molar-refractivity contribution in [3.8, 4) is 5.69 Å². The highest BCUT2D eigenvalue weighted by molar-refractivity contribution is 9.10. The number of amides is 1. The Morgan fingerprint density at radius 1 is 1.47 bits per heavy atom. The molecule has 100 valence electrons. The van der Waals surface area contributed by atoms with E-state index in [4.69, 9.17) is 11.6 Å². The number of carbonyl (C=O) groups excluding carboxylic acids is 1. The lowest BCUT2D eigenvalue weighted by atomic mass is 10.2. The maximum Gasteiger partial charge on any atom is 0.240 e. The number of hydrogen-bond donors (Lipinski definition) is 1. The molecule has 0 spiro atoms. The van der Waals surface area contributed by atoms with Gasteiger partial charge in [-0.1, -0.05) is 27.5 Å². The number of alkyl halides is 1. The lowest BCUT2D eigenvalue weighted by molar-refractivity contribution is -0.117. The number of nitrogens with one attached hydrogen (secondary N) is 1. The predicted molar refractivity (Wildman–Crippen MR) is 80.2 cm³/mol. The Labute approximate surface area is 124 Å². The standard InChI is InChI=1S/C13H13BrClN3O/c1-13(2,14)12(19)17-10-8-9(15)4-5-11(10)18-7-3-6-16-18/h3-8H,1-2H3,(H,17,19). The SMILES string of the molecule is CC(C)(Br)C(=O)Nc1cc(Cl)ccc1-n1cccn1. The molecule has 0 fully saturated rings. The third-order valence-corrected chi connectivity index (χ3v) is 3.09. The van der Waals surface area contributed by atoms with Crippen molar-refractivity contribution in [2.75, 3.05) is 5.32 Å². The van der Waals surface area contributed by atoms with Crippen LogP contribution in [0.4, 0.5) is 5.69 Å². The Hall–Kier alpha value is -1.33. The zero-order chi connectivity index (χ0) is 14.0. The summed E-state index contributed by atoms with van der Waals surface area (Å²) in [4.78, 5) is 12.0. The van der Waals surface area contributed by atoms with Gasteiger partial charge in [0.05, 0.1) is 15.7 Å². The van der Waals surface area contributed by atoms with Crippen molar-refractivity contribution in [1.29, 1.82) is 0 Å². The highest BCUT2D eigenvalue weighted by Crippen LogP contribution is 2.26. The third kappa shape index (κ3) is 3.36. The van der Waals surface area contributed by atoms with Crippen LogP contribution in [0.3, 0.4) is 0 Å². The van der Waals surface area contributed by atoms with E-state index in [1.807, 2.05) is 12.1 Å². The zero-order valence-corrected chi connectivity index (χ0v) is 12.9. The average molecular weight is 343 g/mol. The fourth-order valence-corrected chi connectivity index (χ4v) is 1.76. The first-order valence-electron chi connectivity index (χ1n) is 5.68. The van der Waals surface area contributed by atoms with Crippen LogP contribution in [0.25, 0.3) is 5.69 Å². The summed E-state index contributed by atoms with van der Waals surface area (Å²) in [6.07, 6.45) is 3.48. The van der Waals surface area contributed by atoms with Gasteiger partial charge in [0.1, 0.15) is 0 Å². The Balaban J connectivity index is 2.39. The minimum Gasteiger partial charge on any atom is -0.323 e. The first-order valence-corrected chi connectivity index (χ1v) is 6.85. The lowest BCUT2D eigenvalue weighted by Gasteiger charge is -2.18. The molecule has 4 nitrogen and oxygen atoms in total. The van der Waals surface area contributed by atoms with E-state index in [2.05, 4.69) is 26.3 Å². The van der Waals surface area contributed by atoms with Crippen LogP contribution < -0.4 is 5.32 Å². The van der Waals surface area contributed by atoms with Crippen LogP contribution in [0.1, 0.15) is 13.8 Å². The monoisotopic (exact) mass is 341 g/mol. The molecule has 1 N–H and O–H groups in total. The van der Waals surface area contributed by atoms with E-state index < -0.39 is 4.32 Å². The molecule has 0 radical (unpaired) electrons. The summed E-state index contributed by atoms with van der Waals surface area (Å²) in [6.45, 7) is 3.56. The van der Waals surface area contributed by atoms with Gasteiger partial charge in [-0.05, 0) is 38.1 Å². The zero-order valence-electron chi connectivity index (χ0n) is 10.5. The van der Waals surface area contributed by atoms with E-state index in [-0.39, 0.29) is 5.91 Å². The minimum absolute atomic E-state index is 0.150. The van der Waals surface area contributed by atoms with E-state index >= 15 is 0 Å². The van der Waals surface area contributed by atoms with Crippen LogP contribution in [-0.4, -0.2) is 20.0 Å². The normalized spacial score (nSPS) is 11.4. The predicted octanol–water partition coefficient (Wildman–Crippen LogP) is 3.64. The molecule has 1 heterocycles. The second-order valence-corrected chi connectivity index (χ2v) is 6.96. The first-order chi connectivity index (χ1) is 8.88. The molecule has 0 saturated carbocycles. The number of carbonyl (C=O) groups is 1. The van der Waals surface area contributed by atoms with Crippen LogP contribution in [0.15, 0.2) is 36.7 Å². The lowest BCUT2D eigenvalue weighted by Crippen LogP contribution is -2.31. The summed E-state index contributed by atoms with van der Waals surface area (Å²) in [6, 6.07) is 7.09. The molecule has 19 heavy (non-hydrogen) atoms.